The maximum atomic E-state index is 12.4. The third kappa shape index (κ3) is 3.86. The van der Waals surface area contributed by atoms with Crippen molar-refractivity contribution in [2.24, 2.45) is 0 Å². The van der Waals surface area contributed by atoms with Gasteiger partial charge in [-0.3, -0.25) is 0 Å². The van der Waals surface area contributed by atoms with E-state index in [-0.39, 0.29) is 10.6 Å². The second-order valence-electron chi connectivity index (χ2n) is 3.73. The minimum absolute atomic E-state index is 0.0361. The van der Waals surface area contributed by atoms with Crippen LogP contribution < -0.4 is 0 Å². The molecule has 1 rings (SSSR count). The van der Waals surface area contributed by atoms with E-state index in [1.54, 1.807) is 6.07 Å². The van der Waals surface area contributed by atoms with E-state index in [0.29, 0.717) is 4.31 Å². The number of aliphatic hydroxyl groups is 1. The summed E-state index contributed by atoms with van der Waals surface area (Å²) in [5.74, 6) is 0. The number of sulfonamides is 1. The fraction of sp³-hybridized carbons (Fsp3) is 0.364. The largest absolute Gasteiger partial charge is 0.395 e. The lowest BCUT2D eigenvalue weighted by molar-refractivity contribution is 0.113. The van der Waals surface area contributed by atoms with Crippen LogP contribution in [-0.4, -0.2) is 44.0 Å². The maximum Gasteiger partial charge on any atom is 0.252 e. The quantitative estimate of drug-likeness (QED) is 0.859. The summed E-state index contributed by atoms with van der Waals surface area (Å²) in [6.07, 6.45) is -2.89. The SMILES string of the molecule is N#Cc1ccc(Cl)c(S(=O)(=O)N(CCO)CC(F)F)c1. The van der Waals surface area contributed by atoms with Gasteiger partial charge in [0.2, 0.25) is 10.0 Å². The van der Waals surface area contributed by atoms with Crippen molar-refractivity contribution in [2.45, 2.75) is 11.3 Å². The summed E-state index contributed by atoms with van der Waals surface area (Å²) in [5, 5.41) is 17.4. The van der Waals surface area contributed by atoms with Gasteiger partial charge in [0.25, 0.3) is 6.43 Å². The molecule has 0 bridgehead atoms. The van der Waals surface area contributed by atoms with Crippen molar-refractivity contribution in [3.63, 3.8) is 0 Å². The van der Waals surface area contributed by atoms with Gasteiger partial charge in [0.15, 0.2) is 0 Å². The minimum atomic E-state index is -4.31. The molecular weight excluding hydrogens is 314 g/mol. The fourth-order valence-corrected chi connectivity index (χ4v) is 3.39. The predicted molar refractivity (Wildman–Crippen MR) is 68.0 cm³/mol. The van der Waals surface area contributed by atoms with Gasteiger partial charge in [-0.05, 0) is 18.2 Å². The van der Waals surface area contributed by atoms with Gasteiger partial charge in [-0.1, -0.05) is 11.6 Å². The summed E-state index contributed by atoms with van der Waals surface area (Å²) < 4.78 is 49.8. The predicted octanol–water partition coefficient (Wildman–Crippen LogP) is 1.46. The molecule has 1 aromatic rings. The van der Waals surface area contributed by atoms with Crippen molar-refractivity contribution in [1.29, 1.82) is 5.26 Å². The number of nitrogens with zero attached hydrogens (tertiary/aromatic N) is 2. The third-order valence-corrected chi connectivity index (χ3v) is 4.72. The van der Waals surface area contributed by atoms with Crippen LogP contribution in [0.25, 0.3) is 0 Å². The van der Waals surface area contributed by atoms with Crippen molar-refractivity contribution in [1.82, 2.24) is 4.31 Å². The molecule has 0 aromatic heterocycles. The number of benzene rings is 1. The second kappa shape index (κ2) is 6.95. The number of rotatable bonds is 6. The number of hydrogen-bond acceptors (Lipinski definition) is 4. The van der Waals surface area contributed by atoms with Gasteiger partial charge in [-0.15, -0.1) is 0 Å². The van der Waals surface area contributed by atoms with Gasteiger partial charge in [0, 0.05) is 6.54 Å². The molecule has 1 N–H and O–H groups in total. The van der Waals surface area contributed by atoms with E-state index in [1.807, 2.05) is 0 Å². The zero-order chi connectivity index (χ0) is 15.3. The zero-order valence-electron chi connectivity index (χ0n) is 10.1. The molecule has 0 saturated heterocycles. The average Bonchev–Trinajstić information content (AvgIpc) is 2.38. The van der Waals surface area contributed by atoms with Crippen molar-refractivity contribution >= 4 is 21.6 Å². The second-order valence-corrected chi connectivity index (χ2v) is 6.05. The van der Waals surface area contributed by atoms with E-state index in [1.165, 1.54) is 12.1 Å². The topological polar surface area (TPSA) is 81.4 Å². The molecule has 20 heavy (non-hydrogen) atoms. The molecule has 0 heterocycles. The number of halogens is 3. The standard InChI is InChI=1S/C11H11ClF2N2O3S/c12-9-2-1-8(6-15)5-10(9)20(18,19)16(3-4-17)7-11(13)14/h1-2,5,11,17H,3-4,7H2. The Hall–Kier alpha value is -1.27. The van der Waals surface area contributed by atoms with Crippen LogP contribution in [0.5, 0.6) is 0 Å². The first-order chi connectivity index (χ1) is 9.32. The van der Waals surface area contributed by atoms with Gasteiger partial charge in [0.1, 0.15) is 4.90 Å². The maximum absolute atomic E-state index is 12.4. The van der Waals surface area contributed by atoms with E-state index in [2.05, 4.69) is 0 Å². The number of aliphatic hydroxyl groups excluding tert-OH is 1. The first kappa shape index (κ1) is 16.8. The number of hydrogen-bond donors (Lipinski definition) is 1. The summed E-state index contributed by atoms with van der Waals surface area (Å²) >= 11 is 5.75. The van der Waals surface area contributed by atoms with Crippen LogP contribution in [0.4, 0.5) is 8.78 Å². The Morgan fingerprint density at radius 2 is 2.10 bits per heavy atom. The molecule has 0 spiro atoms. The highest BCUT2D eigenvalue weighted by molar-refractivity contribution is 7.89. The van der Waals surface area contributed by atoms with Crippen molar-refractivity contribution in [2.75, 3.05) is 19.7 Å². The molecule has 1 aromatic carbocycles. The Morgan fingerprint density at radius 3 is 2.60 bits per heavy atom. The summed E-state index contributed by atoms with van der Waals surface area (Å²) in [5.41, 5.74) is 0.0361. The Morgan fingerprint density at radius 1 is 1.45 bits per heavy atom. The average molecular weight is 325 g/mol. The fourth-order valence-electron chi connectivity index (χ4n) is 1.48. The minimum Gasteiger partial charge on any atom is -0.395 e. The van der Waals surface area contributed by atoms with Gasteiger partial charge in [0.05, 0.1) is 29.8 Å². The Labute approximate surface area is 120 Å². The van der Waals surface area contributed by atoms with Crippen LogP contribution in [0, 0.1) is 11.3 Å². The Bertz CT molecular complexity index is 617. The monoisotopic (exact) mass is 324 g/mol. The van der Waals surface area contributed by atoms with Crippen molar-refractivity contribution in [3.8, 4) is 6.07 Å². The van der Waals surface area contributed by atoms with Crippen molar-refractivity contribution in [3.05, 3.63) is 28.8 Å². The Kier molecular flexibility index (Phi) is 5.83. The first-order valence-electron chi connectivity index (χ1n) is 5.41. The molecule has 0 fully saturated rings. The molecule has 5 nitrogen and oxygen atoms in total. The molecular formula is C11H11ClF2N2O3S. The molecule has 110 valence electrons. The van der Waals surface area contributed by atoms with Crippen LogP contribution in [0.2, 0.25) is 5.02 Å². The Balaban J connectivity index is 3.29. The summed E-state index contributed by atoms with van der Waals surface area (Å²) in [6, 6.07) is 5.26. The van der Waals surface area contributed by atoms with E-state index >= 15 is 0 Å². The van der Waals surface area contributed by atoms with Gasteiger partial charge in [-0.25, -0.2) is 17.2 Å². The zero-order valence-corrected chi connectivity index (χ0v) is 11.7. The molecule has 0 aliphatic rings. The van der Waals surface area contributed by atoms with E-state index < -0.39 is 41.0 Å². The molecule has 0 aliphatic heterocycles. The lowest BCUT2D eigenvalue weighted by atomic mass is 10.2. The van der Waals surface area contributed by atoms with Crippen LogP contribution >= 0.6 is 11.6 Å². The van der Waals surface area contributed by atoms with Gasteiger partial charge < -0.3 is 5.11 Å². The molecule has 0 radical (unpaired) electrons. The van der Waals surface area contributed by atoms with Crippen LogP contribution in [0.15, 0.2) is 23.1 Å². The summed E-state index contributed by atoms with van der Waals surface area (Å²) in [6.45, 7) is -2.16. The van der Waals surface area contributed by atoms with Gasteiger partial charge in [-0.2, -0.15) is 9.57 Å². The lowest BCUT2D eigenvalue weighted by Gasteiger charge is -2.21. The van der Waals surface area contributed by atoms with Crippen LogP contribution in [0.3, 0.4) is 0 Å². The molecule has 0 aliphatic carbocycles. The first-order valence-corrected chi connectivity index (χ1v) is 7.23. The number of nitriles is 1. The number of alkyl halides is 2. The van der Waals surface area contributed by atoms with E-state index in [4.69, 9.17) is 22.0 Å². The smallest absolute Gasteiger partial charge is 0.252 e. The highest BCUT2D eigenvalue weighted by Crippen LogP contribution is 2.26. The molecule has 0 amide bonds. The third-order valence-electron chi connectivity index (χ3n) is 2.37. The highest BCUT2D eigenvalue weighted by atomic mass is 35.5. The molecule has 0 unspecified atom stereocenters. The normalized spacial score (nSPS) is 11.8. The van der Waals surface area contributed by atoms with Crippen LogP contribution in [-0.2, 0) is 10.0 Å². The van der Waals surface area contributed by atoms with Gasteiger partial charge >= 0.3 is 0 Å². The van der Waals surface area contributed by atoms with Crippen molar-refractivity contribution < 1.29 is 22.3 Å². The molecule has 0 saturated carbocycles. The molecule has 9 heteroatoms. The molecule has 0 atom stereocenters. The summed E-state index contributed by atoms with van der Waals surface area (Å²) in [7, 11) is -4.31. The lowest BCUT2D eigenvalue weighted by Crippen LogP contribution is -2.37. The summed E-state index contributed by atoms with van der Waals surface area (Å²) in [4.78, 5) is -0.438. The van der Waals surface area contributed by atoms with Crippen LogP contribution in [0.1, 0.15) is 5.56 Å². The van der Waals surface area contributed by atoms with E-state index in [0.717, 1.165) is 6.07 Å². The van der Waals surface area contributed by atoms with E-state index in [9.17, 15) is 17.2 Å². The highest BCUT2D eigenvalue weighted by Gasteiger charge is 2.29.